The van der Waals surface area contributed by atoms with Crippen molar-refractivity contribution in [3.8, 4) is 0 Å². The minimum atomic E-state index is 0.337. The molecule has 0 fully saturated rings. The van der Waals surface area contributed by atoms with E-state index in [4.69, 9.17) is 0 Å². The molecule has 2 heterocycles. The van der Waals surface area contributed by atoms with Crippen molar-refractivity contribution in [2.75, 3.05) is 5.32 Å². The van der Waals surface area contributed by atoms with Crippen molar-refractivity contribution >= 4 is 5.82 Å². The number of rotatable bonds is 4. The molecule has 0 unspecified atom stereocenters. The van der Waals surface area contributed by atoms with Crippen LogP contribution in [0.25, 0.3) is 0 Å². The van der Waals surface area contributed by atoms with Gasteiger partial charge in [0.15, 0.2) is 0 Å². The normalized spacial score (nSPS) is 10.9. The van der Waals surface area contributed by atoms with Gasteiger partial charge in [-0.3, -0.25) is 4.68 Å². The fraction of sp³-hybridized carbons (Fsp3) is 0.462. The van der Waals surface area contributed by atoms with Gasteiger partial charge in [0.25, 0.3) is 0 Å². The third-order valence-electron chi connectivity index (χ3n) is 2.62. The van der Waals surface area contributed by atoms with E-state index in [-0.39, 0.29) is 0 Å². The molecular formula is C13H19N5. The van der Waals surface area contributed by atoms with Gasteiger partial charge in [-0.05, 0) is 6.92 Å². The molecular weight excluding hydrogens is 226 g/mol. The van der Waals surface area contributed by atoms with Crippen LogP contribution in [-0.2, 0) is 13.6 Å². The molecule has 2 aromatic heterocycles. The summed E-state index contributed by atoms with van der Waals surface area (Å²) in [5.41, 5.74) is 2.13. The maximum Gasteiger partial charge on any atom is 0.133 e. The lowest BCUT2D eigenvalue weighted by molar-refractivity contribution is 0.765. The zero-order chi connectivity index (χ0) is 13.1. The van der Waals surface area contributed by atoms with E-state index >= 15 is 0 Å². The molecule has 5 nitrogen and oxygen atoms in total. The van der Waals surface area contributed by atoms with Crippen molar-refractivity contribution in [1.82, 2.24) is 19.7 Å². The van der Waals surface area contributed by atoms with Crippen molar-refractivity contribution in [2.45, 2.75) is 33.2 Å². The van der Waals surface area contributed by atoms with Crippen LogP contribution in [0.1, 0.15) is 36.8 Å². The van der Waals surface area contributed by atoms with Crippen LogP contribution < -0.4 is 5.32 Å². The molecule has 18 heavy (non-hydrogen) atoms. The first-order valence-electron chi connectivity index (χ1n) is 6.11. The van der Waals surface area contributed by atoms with E-state index < -0.39 is 0 Å². The Morgan fingerprint density at radius 2 is 2.11 bits per heavy atom. The zero-order valence-electron chi connectivity index (χ0n) is 11.3. The highest BCUT2D eigenvalue weighted by Crippen LogP contribution is 2.14. The molecule has 0 aliphatic carbocycles. The summed E-state index contributed by atoms with van der Waals surface area (Å²) in [6, 6.07) is 1.96. The summed E-state index contributed by atoms with van der Waals surface area (Å²) in [6.07, 6.45) is 3.84. The fourth-order valence-corrected chi connectivity index (χ4v) is 1.70. The second-order valence-electron chi connectivity index (χ2n) is 4.78. The number of aromatic nitrogens is 4. The molecule has 0 aromatic carbocycles. The van der Waals surface area contributed by atoms with Crippen molar-refractivity contribution < 1.29 is 0 Å². The average molecular weight is 245 g/mol. The highest BCUT2D eigenvalue weighted by molar-refractivity contribution is 5.36. The van der Waals surface area contributed by atoms with Gasteiger partial charge in [-0.2, -0.15) is 5.10 Å². The molecule has 96 valence electrons. The van der Waals surface area contributed by atoms with E-state index in [0.29, 0.717) is 5.92 Å². The van der Waals surface area contributed by atoms with E-state index in [1.807, 2.05) is 32.4 Å². The highest BCUT2D eigenvalue weighted by Gasteiger charge is 2.06. The van der Waals surface area contributed by atoms with Gasteiger partial charge < -0.3 is 5.32 Å². The first kappa shape index (κ1) is 12.5. The minimum Gasteiger partial charge on any atom is -0.366 e. The summed E-state index contributed by atoms with van der Waals surface area (Å²) in [4.78, 5) is 8.93. The van der Waals surface area contributed by atoms with Gasteiger partial charge in [0.2, 0.25) is 0 Å². The second kappa shape index (κ2) is 5.16. The van der Waals surface area contributed by atoms with Crippen LogP contribution in [0.5, 0.6) is 0 Å². The number of hydrogen-bond donors (Lipinski definition) is 1. The lowest BCUT2D eigenvalue weighted by Gasteiger charge is -2.09. The molecule has 2 aromatic rings. The molecule has 1 N–H and O–H groups in total. The van der Waals surface area contributed by atoms with Crippen LogP contribution in [0.4, 0.5) is 5.82 Å². The number of anilines is 1. The Kier molecular flexibility index (Phi) is 3.60. The predicted octanol–water partition coefficient (Wildman–Crippen LogP) is 2.25. The Morgan fingerprint density at radius 3 is 2.72 bits per heavy atom. The molecule has 0 saturated heterocycles. The third-order valence-corrected chi connectivity index (χ3v) is 2.62. The van der Waals surface area contributed by atoms with E-state index in [1.165, 1.54) is 0 Å². The molecule has 0 saturated carbocycles. The van der Waals surface area contributed by atoms with Crippen LogP contribution in [0.3, 0.4) is 0 Å². The summed E-state index contributed by atoms with van der Waals surface area (Å²) in [7, 11) is 1.91. The summed E-state index contributed by atoms with van der Waals surface area (Å²) < 4.78 is 1.79. The average Bonchev–Trinajstić information content (AvgIpc) is 2.72. The van der Waals surface area contributed by atoms with Gasteiger partial charge in [-0.15, -0.1) is 0 Å². The monoisotopic (exact) mass is 245 g/mol. The number of nitrogens with zero attached hydrogens (tertiary/aromatic N) is 4. The smallest absolute Gasteiger partial charge is 0.133 e. The Labute approximate surface area is 107 Å². The molecule has 0 radical (unpaired) electrons. The first-order chi connectivity index (χ1) is 8.54. The second-order valence-corrected chi connectivity index (χ2v) is 4.78. The van der Waals surface area contributed by atoms with E-state index in [0.717, 1.165) is 29.4 Å². The first-order valence-corrected chi connectivity index (χ1v) is 6.11. The third kappa shape index (κ3) is 3.06. The predicted molar refractivity (Wildman–Crippen MR) is 71.4 cm³/mol. The van der Waals surface area contributed by atoms with Crippen molar-refractivity contribution in [2.24, 2.45) is 7.05 Å². The highest BCUT2D eigenvalue weighted by atomic mass is 15.2. The lowest BCUT2D eigenvalue weighted by Crippen LogP contribution is -2.06. The van der Waals surface area contributed by atoms with Crippen molar-refractivity contribution in [1.29, 1.82) is 0 Å². The Morgan fingerprint density at radius 1 is 1.33 bits per heavy atom. The fourth-order valence-electron chi connectivity index (χ4n) is 1.70. The topological polar surface area (TPSA) is 55.6 Å². The standard InChI is InChI=1S/C13H19N5/c1-9(2)13-16-10(3)5-12(17-13)14-6-11-7-15-18(4)8-11/h5,7-9H,6H2,1-4H3,(H,14,16,17). The summed E-state index contributed by atoms with van der Waals surface area (Å²) >= 11 is 0. The summed E-state index contributed by atoms with van der Waals surface area (Å²) in [5.74, 6) is 2.09. The van der Waals surface area contributed by atoms with Crippen molar-refractivity contribution in [3.05, 3.63) is 35.5 Å². The molecule has 0 spiro atoms. The van der Waals surface area contributed by atoms with Gasteiger partial charge in [-0.1, -0.05) is 13.8 Å². The lowest BCUT2D eigenvalue weighted by atomic mass is 10.2. The maximum absolute atomic E-state index is 4.51. The van der Waals surface area contributed by atoms with Gasteiger partial charge in [-0.25, -0.2) is 9.97 Å². The molecule has 0 amide bonds. The van der Waals surface area contributed by atoms with Crippen LogP contribution in [0.15, 0.2) is 18.5 Å². The van der Waals surface area contributed by atoms with Gasteiger partial charge in [0, 0.05) is 43.0 Å². The molecule has 2 rings (SSSR count). The van der Waals surface area contributed by atoms with Gasteiger partial charge >= 0.3 is 0 Å². The zero-order valence-corrected chi connectivity index (χ0v) is 11.3. The van der Waals surface area contributed by atoms with Gasteiger partial charge in [0.05, 0.1) is 6.20 Å². The van der Waals surface area contributed by atoms with E-state index in [2.05, 4.69) is 34.2 Å². The van der Waals surface area contributed by atoms with E-state index in [9.17, 15) is 0 Å². The number of aryl methyl sites for hydroxylation is 2. The largest absolute Gasteiger partial charge is 0.366 e. The van der Waals surface area contributed by atoms with Crippen LogP contribution in [-0.4, -0.2) is 19.7 Å². The quantitative estimate of drug-likeness (QED) is 0.897. The summed E-state index contributed by atoms with van der Waals surface area (Å²) in [5, 5.41) is 7.44. The SMILES string of the molecule is Cc1cc(NCc2cnn(C)c2)nc(C(C)C)n1. The summed E-state index contributed by atoms with van der Waals surface area (Å²) in [6.45, 7) is 6.91. The Hall–Kier alpha value is -1.91. The molecule has 0 bridgehead atoms. The number of hydrogen-bond acceptors (Lipinski definition) is 4. The van der Waals surface area contributed by atoms with Crippen molar-refractivity contribution in [3.63, 3.8) is 0 Å². The minimum absolute atomic E-state index is 0.337. The van der Waals surface area contributed by atoms with Crippen LogP contribution >= 0.6 is 0 Å². The maximum atomic E-state index is 4.51. The van der Waals surface area contributed by atoms with Crippen LogP contribution in [0.2, 0.25) is 0 Å². The molecule has 0 aliphatic rings. The Bertz CT molecular complexity index is 530. The molecule has 0 aliphatic heterocycles. The van der Waals surface area contributed by atoms with E-state index in [1.54, 1.807) is 4.68 Å². The molecule has 0 atom stereocenters. The van der Waals surface area contributed by atoms with Gasteiger partial charge in [0.1, 0.15) is 11.6 Å². The van der Waals surface area contributed by atoms with Crippen LogP contribution in [0, 0.1) is 6.92 Å². The number of nitrogens with one attached hydrogen (secondary N) is 1. The Balaban J connectivity index is 2.09. The molecule has 5 heteroatoms.